The van der Waals surface area contributed by atoms with Gasteiger partial charge in [0.25, 0.3) is 0 Å². The number of thiazole rings is 1. The first-order valence-corrected chi connectivity index (χ1v) is 10.5. The van der Waals surface area contributed by atoms with Crippen molar-refractivity contribution in [3.8, 4) is 11.5 Å². The van der Waals surface area contributed by atoms with Crippen LogP contribution in [0.3, 0.4) is 0 Å². The van der Waals surface area contributed by atoms with Crippen molar-refractivity contribution in [2.45, 2.75) is 25.4 Å². The van der Waals surface area contributed by atoms with Crippen LogP contribution in [0.2, 0.25) is 0 Å². The Bertz CT molecular complexity index is 964. The van der Waals surface area contributed by atoms with Crippen LogP contribution >= 0.6 is 11.3 Å². The van der Waals surface area contributed by atoms with Crippen LogP contribution in [-0.4, -0.2) is 44.4 Å². The third kappa shape index (κ3) is 4.36. The number of ether oxygens (including phenoxy) is 3. The van der Waals surface area contributed by atoms with E-state index < -0.39 is 0 Å². The summed E-state index contributed by atoms with van der Waals surface area (Å²) < 4.78 is 17.6. The second-order valence-corrected chi connectivity index (χ2v) is 7.97. The molecule has 2 aromatic carbocycles. The van der Waals surface area contributed by atoms with Crippen LogP contribution in [0.15, 0.2) is 42.5 Å². The molecule has 0 saturated carbocycles. The van der Waals surface area contributed by atoms with Crippen molar-refractivity contribution in [1.82, 2.24) is 4.98 Å². The fraction of sp³-hybridized carbons (Fsp3) is 0.364. The first-order valence-electron chi connectivity index (χ1n) is 9.66. The van der Waals surface area contributed by atoms with E-state index >= 15 is 0 Å². The van der Waals surface area contributed by atoms with Gasteiger partial charge in [-0.15, -0.1) is 0 Å². The normalized spacial score (nSPS) is 16.1. The molecule has 1 aliphatic heterocycles. The van der Waals surface area contributed by atoms with E-state index in [0.29, 0.717) is 23.2 Å². The Kier molecular flexibility index (Phi) is 5.97. The molecule has 6 nitrogen and oxygen atoms in total. The maximum atomic E-state index is 13.4. The van der Waals surface area contributed by atoms with Crippen molar-refractivity contribution in [3.05, 3.63) is 48.0 Å². The molecule has 1 aromatic heterocycles. The van der Waals surface area contributed by atoms with Crippen LogP contribution in [0.4, 0.5) is 5.13 Å². The van der Waals surface area contributed by atoms with E-state index in [1.807, 2.05) is 36.4 Å². The Balaban J connectivity index is 1.62. The molecule has 0 radical (unpaired) electrons. The minimum Gasteiger partial charge on any atom is -0.497 e. The molecule has 2 heterocycles. The highest BCUT2D eigenvalue weighted by Crippen LogP contribution is 2.31. The molecule has 29 heavy (non-hydrogen) atoms. The Labute approximate surface area is 174 Å². The molecule has 0 N–H and O–H groups in total. The molecule has 152 valence electrons. The van der Waals surface area contributed by atoms with E-state index in [-0.39, 0.29) is 18.4 Å². The largest absolute Gasteiger partial charge is 0.497 e. The molecule has 1 saturated heterocycles. The van der Waals surface area contributed by atoms with Gasteiger partial charge in [-0.2, -0.15) is 0 Å². The van der Waals surface area contributed by atoms with E-state index in [4.69, 9.17) is 19.2 Å². The lowest BCUT2D eigenvalue weighted by Crippen LogP contribution is -2.38. The average Bonchev–Trinajstić information content (AvgIpc) is 3.41. The van der Waals surface area contributed by atoms with Gasteiger partial charge in [-0.3, -0.25) is 9.69 Å². The summed E-state index contributed by atoms with van der Waals surface area (Å²) in [4.78, 5) is 19.8. The van der Waals surface area contributed by atoms with Crippen molar-refractivity contribution in [2.75, 3.05) is 32.3 Å². The summed E-state index contributed by atoms with van der Waals surface area (Å²) in [6, 6.07) is 13.4. The predicted molar refractivity (Wildman–Crippen MR) is 114 cm³/mol. The van der Waals surface area contributed by atoms with Gasteiger partial charge >= 0.3 is 0 Å². The van der Waals surface area contributed by atoms with E-state index in [1.165, 1.54) is 11.3 Å². The van der Waals surface area contributed by atoms with Crippen LogP contribution in [0.25, 0.3) is 10.2 Å². The number of hydrogen-bond donors (Lipinski definition) is 0. The molecule has 0 spiro atoms. The topological polar surface area (TPSA) is 60.9 Å². The molecular formula is C22H24N2O4S. The Morgan fingerprint density at radius 1 is 1.24 bits per heavy atom. The molecule has 0 aliphatic carbocycles. The van der Waals surface area contributed by atoms with E-state index in [9.17, 15) is 4.79 Å². The molecular weight excluding hydrogens is 388 g/mol. The van der Waals surface area contributed by atoms with Crippen molar-refractivity contribution in [1.29, 1.82) is 0 Å². The Morgan fingerprint density at radius 3 is 2.83 bits per heavy atom. The summed E-state index contributed by atoms with van der Waals surface area (Å²) in [5, 5.41) is 0.708. The summed E-state index contributed by atoms with van der Waals surface area (Å²) in [6.45, 7) is 1.26. The highest BCUT2D eigenvalue weighted by Gasteiger charge is 2.27. The summed E-state index contributed by atoms with van der Waals surface area (Å²) in [5.74, 6) is 1.31. The molecule has 3 aromatic rings. The number of carbonyl (C=O) groups excluding carboxylic acids is 1. The van der Waals surface area contributed by atoms with Crippen molar-refractivity contribution >= 4 is 32.6 Å². The maximum Gasteiger partial charge on any atom is 0.233 e. The lowest BCUT2D eigenvalue weighted by Gasteiger charge is -2.23. The zero-order valence-electron chi connectivity index (χ0n) is 16.6. The summed E-state index contributed by atoms with van der Waals surface area (Å²) in [6.07, 6.45) is 2.25. The quantitative estimate of drug-likeness (QED) is 0.585. The minimum atomic E-state index is -0.0250. The molecule has 1 fully saturated rings. The van der Waals surface area contributed by atoms with Crippen molar-refractivity contribution < 1.29 is 19.0 Å². The third-order valence-corrected chi connectivity index (χ3v) is 6.12. The Hall–Kier alpha value is -2.64. The van der Waals surface area contributed by atoms with Crippen LogP contribution in [0.5, 0.6) is 11.5 Å². The smallest absolute Gasteiger partial charge is 0.233 e. The van der Waals surface area contributed by atoms with Gasteiger partial charge in [0, 0.05) is 18.2 Å². The summed E-state index contributed by atoms with van der Waals surface area (Å²) in [5.41, 5.74) is 1.72. The third-order valence-electron chi connectivity index (χ3n) is 5.06. The number of carbonyl (C=O) groups is 1. The second-order valence-electron chi connectivity index (χ2n) is 6.96. The van der Waals surface area contributed by atoms with E-state index in [0.717, 1.165) is 35.2 Å². The fourth-order valence-electron chi connectivity index (χ4n) is 3.51. The zero-order chi connectivity index (χ0) is 20.2. The van der Waals surface area contributed by atoms with E-state index in [1.54, 1.807) is 25.2 Å². The van der Waals surface area contributed by atoms with Gasteiger partial charge < -0.3 is 14.2 Å². The summed E-state index contributed by atoms with van der Waals surface area (Å²) >= 11 is 1.53. The van der Waals surface area contributed by atoms with Crippen molar-refractivity contribution in [2.24, 2.45) is 0 Å². The number of rotatable bonds is 7. The summed E-state index contributed by atoms with van der Waals surface area (Å²) in [7, 11) is 3.20. The number of aromatic nitrogens is 1. The van der Waals surface area contributed by atoms with Crippen LogP contribution < -0.4 is 14.4 Å². The van der Waals surface area contributed by atoms with Gasteiger partial charge in [-0.25, -0.2) is 4.98 Å². The molecule has 7 heteroatoms. The molecule has 1 atom stereocenters. The van der Waals surface area contributed by atoms with Gasteiger partial charge in [0.15, 0.2) is 5.13 Å². The lowest BCUT2D eigenvalue weighted by molar-refractivity contribution is -0.118. The van der Waals surface area contributed by atoms with Crippen LogP contribution in [0, 0.1) is 0 Å². The fourth-order valence-corrected chi connectivity index (χ4v) is 4.50. The van der Waals surface area contributed by atoms with Crippen LogP contribution in [0.1, 0.15) is 18.4 Å². The highest BCUT2D eigenvalue weighted by molar-refractivity contribution is 7.22. The lowest BCUT2D eigenvalue weighted by atomic mass is 10.1. The van der Waals surface area contributed by atoms with E-state index in [2.05, 4.69) is 0 Å². The zero-order valence-corrected chi connectivity index (χ0v) is 17.4. The Morgan fingerprint density at radius 2 is 2.10 bits per heavy atom. The van der Waals surface area contributed by atoms with Gasteiger partial charge in [-0.1, -0.05) is 29.5 Å². The maximum absolute atomic E-state index is 13.4. The average molecular weight is 413 g/mol. The van der Waals surface area contributed by atoms with Gasteiger partial charge in [0.1, 0.15) is 11.5 Å². The van der Waals surface area contributed by atoms with Crippen molar-refractivity contribution in [3.63, 3.8) is 0 Å². The number of fused-ring (bicyclic) bond motifs is 1. The number of benzene rings is 2. The molecule has 0 bridgehead atoms. The predicted octanol–water partition coefficient (Wildman–Crippen LogP) is 4.07. The monoisotopic (exact) mass is 412 g/mol. The number of methoxy groups -OCH3 is 2. The van der Waals surface area contributed by atoms with Crippen LogP contribution in [-0.2, 0) is 16.0 Å². The second kappa shape index (κ2) is 8.80. The number of amides is 1. The first-order chi connectivity index (χ1) is 14.2. The number of anilines is 1. The molecule has 1 amide bonds. The highest BCUT2D eigenvalue weighted by atomic mass is 32.1. The standard InChI is InChI=1S/C22H24N2O4S/c1-26-16-10-9-15(19(13-16)27-2)12-21(25)24(14-17-6-5-11-28-17)22-23-18-7-3-4-8-20(18)29-22/h3-4,7-10,13,17H,5-6,11-12,14H2,1-2H3/t17-/m1/s1. The number of hydrogen-bond acceptors (Lipinski definition) is 6. The molecule has 0 unspecified atom stereocenters. The SMILES string of the molecule is COc1ccc(CC(=O)N(C[C@H]2CCCO2)c2nc3ccccc3s2)c(OC)c1. The molecule has 1 aliphatic rings. The van der Waals surface area contributed by atoms with Gasteiger partial charge in [0.2, 0.25) is 5.91 Å². The van der Waals surface area contributed by atoms with Gasteiger partial charge in [0.05, 0.1) is 43.5 Å². The first kappa shape index (κ1) is 19.7. The number of nitrogens with zero attached hydrogens (tertiary/aromatic N) is 2. The van der Waals surface area contributed by atoms with Gasteiger partial charge in [-0.05, 0) is 31.0 Å². The minimum absolute atomic E-state index is 0.0250. The number of para-hydroxylation sites is 1. The molecule has 4 rings (SSSR count).